The topological polar surface area (TPSA) is 118 Å². The van der Waals surface area contributed by atoms with Gasteiger partial charge in [0.2, 0.25) is 10.0 Å². The largest absolute Gasteiger partial charge is 0.480 e. The van der Waals surface area contributed by atoms with Gasteiger partial charge in [0.1, 0.15) is 10.7 Å². The minimum absolute atomic E-state index is 0.0215. The normalized spacial score (nSPS) is 12.1. The molecule has 0 bridgehead atoms. The van der Waals surface area contributed by atoms with E-state index < -0.39 is 42.3 Å². The molecule has 2 aromatic rings. The van der Waals surface area contributed by atoms with Crippen LogP contribution in [-0.2, 0) is 31.1 Å². The molecule has 0 aromatic heterocycles. The van der Waals surface area contributed by atoms with Gasteiger partial charge in [0.25, 0.3) is 0 Å². The van der Waals surface area contributed by atoms with Crippen LogP contribution in [0.1, 0.15) is 5.56 Å². The van der Waals surface area contributed by atoms with E-state index in [1.165, 1.54) is 30.3 Å². The van der Waals surface area contributed by atoms with Crippen LogP contribution in [0.5, 0.6) is 0 Å². The standard InChI is InChI=1S/C16H15ClFNO6S2/c17-12-2-4-13(5-3-12)27(24,25)19-8-7-11-1-6-15(14(18)9-11)26(22,23)10-16(20)21/h1-6,9,19H,7-8,10H2,(H,20,21). The van der Waals surface area contributed by atoms with Crippen molar-refractivity contribution in [3.05, 3.63) is 58.9 Å². The summed E-state index contributed by atoms with van der Waals surface area (Å²) in [6, 6.07) is 8.75. The molecule has 2 rings (SSSR count). The quantitative estimate of drug-likeness (QED) is 0.653. The van der Waals surface area contributed by atoms with E-state index in [9.17, 15) is 26.0 Å². The van der Waals surface area contributed by atoms with E-state index in [-0.39, 0.29) is 17.9 Å². The fourth-order valence-electron chi connectivity index (χ4n) is 2.22. The van der Waals surface area contributed by atoms with E-state index in [1.807, 2.05) is 0 Å². The molecule has 0 fully saturated rings. The summed E-state index contributed by atoms with van der Waals surface area (Å²) in [6.07, 6.45) is 0.100. The van der Waals surface area contributed by atoms with Crippen molar-refractivity contribution in [3.8, 4) is 0 Å². The highest BCUT2D eigenvalue weighted by Crippen LogP contribution is 2.18. The monoisotopic (exact) mass is 435 g/mol. The predicted molar refractivity (Wildman–Crippen MR) is 96.4 cm³/mol. The van der Waals surface area contributed by atoms with Crippen LogP contribution in [0.15, 0.2) is 52.3 Å². The minimum atomic E-state index is -4.29. The second-order valence-corrected chi connectivity index (χ2v) is 9.68. The third kappa shape index (κ3) is 5.73. The van der Waals surface area contributed by atoms with Crippen LogP contribution in [0.4, 0.5) is 4.39 Å². The Morgan fingerprint density at radius 2 is 1.70 bits per heavy atom. The van der Waals surface area contributed by atoms with Gasteiger partial charge in [-0.25, -0.2) is 25.9 Å². The highest BCUT2D eigenvalue weighted by molar-refractivity contribution is 7.92. The number of halogens is 2. The van der Waals surface area contributed by atoms with Gasteiger partial charge in [0.15, 0.2) is 15.6 Å². The SMILES string of the molecule is O=C(O)CS(=O)(=O)c1ccc(CCNS(=O)(=O)c2ccc(Cl)cc2)cc1F. The van der Waals surface area contributed by atoms with Crippen LogP contribution >= 0.6 is 11.6 Å². The Morgan fingerprint density at radius 3 is 2.26 bits per heavy atom. The molecule has 0 saturated carbocycles. The molecule has 2 aromatic carbocycles. The summed E-state index contributed by atoms with van der Waals surface area (Å²) in [4.78, 5) is 9.87. The first kappa shape index (κ1) is 21.3. The maximum atomic E-state index is 14.0. The molecule has 0 atom stereocenters. The van der Waals surface area contributed by atoms with Gasteiger partial charge < -0.3 is 5.11 Å². The number of carbonyl (C=O) groups is 1. The fraction of sp³-hybridized carbons (Fsp3) is 0.188. The van der Waals surface area contributed by atoms with Crippen molar-refractivity contribution < 1.29 is 31.1 Å². The van der Waals surface area contributed by atoms with Crippen LogP contribution in [-0.4, -0.2) is 40.2 Å². The van der Waals surface area contributed by atoms with Crippen LogP contribution < -0.4 is 4.72 Å². The maximum Gasteiger partial charge on any atom is 0.319 e. The van der Waals surface area contributed by atoms with Crippen LogP contribution in [0, 0.1) is 5.82 Å². The first-order chi connectivity index (χ1) is 12.5. The zero-order valence-corrected chi connectivity index (χ0v) is 16.1. The van der Waals surface area contributed by atoms with Crippen LogP contribution in [0.25, 0.3) is 0 Å². The zero-order valence-electron chi connectivity index (χ0n) is 13.7. The molecule has 7 nitrogen and oxygen atoms in total. The number of hydrogen-bond acceptors (Lipinski definition) is 5. The fourth-order valence-corrected chi connectivity index (χ4v) is 4.49. The average Bonchev–Trinajstić information content (AvgIpc) is 2.53. The summed E-state index contributed by atoms with van der Waals surface area (Å²) in [5, 5.41) is 8.97. The van der Waals surface area contributed by atoms with Gasteiger partial charge in [-0.05, 0) is 48.4 Å². The number of aliphatic carboxylic acids is 1. The van der Waals surface area contributed by atoms with E-state index in [0.29, 0.717) is 10.6 Å². The lowest BCUT2D eigenvalue weighted by molar-refractivity contribution is -0.134. The number of carboxylic acids is 1. The van der Waals surface area contributed by atoms with E-state index in [4.69, 9.17) is 16.7 Å². The summed E-state index contributed by atoms with van der Waals surface area (Å²) < 4.78 is 64.2. The van der Waals surface area contributed by atoms with Crippen LogP contribution in [0.2, 0.25) is 5.02 Å². The third-order valence-electron chi connectivity index (χ3n) is 3.47. The number of rotatable bonds is 8. The van der Waals surface area contributed by atoms with Gasteiger partial charge >= 0.3 is 5.97 Å². The molecule has 0 amide bonds. The van der Waals surface area contributed by atoms with Crippen molar-refractivity contribution in [2.24, 2.45) is 0 Å². The van der Waals surface area contributed by atoms with E-state index in [1.54, 1.807) is 0 Å². The van der Waals surface area contributed by atoms with E-state index >= 15 is 0 Å². The molecule has 11 heteroatoms. The molecule has 2 N–H and O–H groups in total. The van der Waals surface area contributed by atoms with Gasteiger partial charge in [0.05, 0.1) is 4.90 Å². The first-order valence-electron chi connectivity index (χ1n) is 7.49. The Hall–Kier alpha value is -2.01. The lowest BCUT2D eigenvalue weighted by atomic mass is 10.1. The lowest BCUT2D eigenvalue weighted by Crippen LogP contribution is -2.26. The molecular formula is C16H15ClFNO6S2. The van der Waals surface area contributed by atoms with E-state index in [0.717, 1.165) is 12.1 Å². The number of benzene rings is 2. The highest BCUT2D eigenvalue weighted by Gasteiger charge is 2.23. The highest BCUT2D eigenvalue weighted by atomic mass is 35.5. The molecular weight excluding hydrogens is 421 g/mol. The first-order valence-corrected chi connectivity index (χ1v) is 11.0. The molecule has 0 unspecified atom stereocenters. The zero-order chi connectivity index (χ0) is 20.2. The molecule has 0 radical (unpaired) electrons. The molecule has 0 spiro atoms. The number of nitrogens with one attached hydrogen (secondary N) is 1. The molecule has 146 valence electrons. The smallest absolute Gasteiger partial charge is 0.319 e. The Bertz CT molecular complexity index is 1050. The number of sulfone groups is 1. The number of sulfonamides is 1. The molecule has 0 aliphatic heterocycles. The summed E-state index contributed by atoms with van der Waals surface area (Å²) >= 11 is 5.71. The van der Waals surface area contributed by atoms with Gasteiger partial charge in [-0.1, -0.05) is 17.7 Å². The molecule has 27 heavy (non-hydrogen) atoms. The Balaban J connectivity index is 2.06. The second kappa shape index (κ2) is 8.34. The third-order valence-corrected chi connectivity index (χ3v) is 6.83. The van der Waals surface area contributed by atoms with Gasteiger partial charge in [0, 0.05) is 11.6 Å². The van der Waals surface area contributed by atoms with Crippen molar-refractivity contribution in [3.63, 3.8) is 0 Å². The van der Waals surface area contributed by atoms with Crippen molar-refractivity contribution in [1.82, 2.24) is 4.72 Å². The second-order valence-electron chi connectivity index (χ2n) is 5.52. The minimum Gasteiger partial charge on any atom is -0.480 e. The summed E-state index contributed by atoms with van der Waals surface area (Å²) in [5.41, 5.74) is 0.348. The molecule has 0 heterocycles. The maximum absolute atomic E-state index is 14.0. The average molecular weight is 436 g/mol. The molecule has 0 aliphatic rings. The van der Waals surface area contributed by atoms with Crippen molar-refractivity contribution >= 4 is 37.4 Å². The summed E-state index contributed by atoms with van der Waals surface area (Å²) in [7, 11) is -8.05. The molecule has 0 saturated heterocycles. The Labute approximate surface area is 160 Å². The van der Waals surface area contributed by atoms with Crippen molar-refractivity contribution in [2.45, 2.75) is 16.2 Å². The Kier molecular flexibility index (Phi) is 6.58. The number of carboxylic acid groups (broad SMARTS) is 1. The van der Waals surface area contributed by atoms with Gasteiger partial charge in [-0.15, -0.1) is 0 Å². The predicted octanol–water partition coefficient (Wildman–Crippen LogP) is 1.86. The van der Waals surface area contributed by atoms with Crippen molar-refractivity contribution in [2.75, 3.05) is 12.3 Å². The van der Waals surface area contributed by atoms with Gasteiger partial charge in [-0.3, -0.25) is 4.79 Å². The van der Waals surface area contributed by atoms with Gasteiger partial charge in [-0.2, -0.15) is 0 Å². The Morgan fingerprint density at radius 1 is 1.07 bits per heavy atom. The van der Waals surface area contributed by atoms with Crippen LogP contribution in [0.3, 0.4) is 0 Å². The summed E-state index contributed by atoms with van der Waals surface area (Å²) in [5.74, 6) is -3.89. The lowest BCUT2D eigenvalue weighted by Gasteiger charge is -2.08. The van der Waals surface area contributed by atoms with E-state index in [2.05, 4.69) is 4.72 Å². The number of hydrogen-bond donors (Lipinski definition) is 2. The van der Waals surface area contributed by atoms with Crippen molar-refractivity contribution in [1.29, 1.82) is 0 Å². The molecule has 0 aliphatic carbocycles. The summed E-state index contributed by atoms with van der Waals surface area (Å²) in [6.45, 7) is -0.0500.